The molecule has 0 aromatic heterocycles. The first-order chi connectivity index (χ1) is 8.93. The molecule has 2 N–H and O–H groups in total. The van der Waals surface area contributed by atoms with Gasteiger partial charge in [-0.25, -0.2) is 0 Å². The number of rotatable bonds is 6. The average molecular weight is 306 g/mol. The summed E-state index contributed by atoms with van der Waals surface area (Å²) in [5.41, 5.74) is 6.61. The maximum atomic E-state index is 11.0. The van der Waals surface area contributed by atoms with Crippen LogP contribution in [0.3, 0.4) is 0 Å². The van der Waals surface area contributed by atoms with E-state index in [0.717, 1.165) is 5.56 Å². The zero-order valence-electron chi connectivity index (χ0n) is 10.9. The van der Waals surface area contributed by atoms with Crippen LogP contribution in [0.15, 0.2) is 12.1 Å². The summed E-state index contributed by atoms with van der Waals surface area (Å²) in [5.74, 6) is 0.186. The molecule has 0 spiro atoms. The van der Waals surface area contributed by atoms with Gasteiger partial charge in [0.1, 0.15) is 5.75 Å². The van der Waals surface area contributed by atoms with Gasteiger partial charge in [-0.2, -0.15) is 0 Å². The molecule has 19 heavy (non-hydrogen) atoms. The molecule has 0 radical (unpaired) electrons. The molecule has 1 aromatic rings. The second-order valence-corrected chi connectivity index (χ2v) is 5.08. The molecule has 6 heteroatoms. The van der Waals surface area contributed by atoms with Crippen molar-refractivity contribution in [3.63, 3.8) is 0 Å². The number of carbonyl (C=O) groups excluding carboxylic acids is 1. The number of benzene rings is 1. The Morgan fingerprint density at radius 2 is 2.11 bits per heavy atom. The Bertz CT molecular complexity index is 450. The van der Waals surface area contributed by atoms with Gasteiger partial charge in [-0.3, -0.25) is 4.79 Å². The standard InChI is InChI=1S/C13H17Cl2NO3/c1-8(16)5-9-6-10(14)7-11(15)13(9)19-4-3-12(17)18-2/h6-8H,3-5,16H2,1-2H3. The number of carbonyl (C=O) groups is 1. The SMILES string of the molecule is COC(=O)CCOc1c(Cl)cc(Cl)cc1CC(C)N. The molecule has 0 aliphatic carbocycles. The van der Waals surface area contributed by atoms with E-state index in [4.69, 9.17) is 33.7 Å². The van der Waals surface area contributed by atoms with Crippen LogP contribution in [0.25, 0.3) is 0 Å². The van der Waals surface area contributed by atoms with Gasteiger partial charge in [0, 0.05) is 11.1 Å². The number of esters is 1. The van der Waals surface area contributed by atoms with Crippen molar-refractivity contribution in [2.75, 3.05) is 13.7 Å². The molecule has 4 nitrogen and oxygen atoms in total. The minimum atomic E-state index is -0.334. The molecule has 1 aromatic carbocycles. The minimum Gasteiger partial charge on any atom is -0.491 e. The van der Waals surface area contributed by atoms with E-state index >= 15 is 0 Å². The first-order valence-electron chi connectivity index (χ1n) is 5.87. The summed E-state index contributed by atoms with van der Waals surface area (Å²) in [6.07, 6.45) is 0.751. The predicted molar refractivity (Wildman–Crippen MR) is 75.9 cm³/mol. The number of ether oxygens (including phenoxy) is 2. The highest BCUT2D eigenvalue weighted by Gasteiger charge is 2.13. The normalized spacial score (nSPS) is 12.1. The molecular formula is C13H17Cl2NO3. The minimum absolute atomic E-state index is 0.0440. The lowest BCUT2D eigenvalue weighted by Gasteiger charge is -2.15. The van der Waals surface area contributed by atoms with E-state index in [1.807, 2.05) is 6.92 Å². The third kappa shape index (κ3) is 5.27. The van der Waals surface area contributed by atoms with Crippen LogP contribution in [-0.2, 0) is 16.0 Å². The van der Waals surface area contributed by atoms with E-state index in [9.17, 15) is 4.79 Å². The van der Waals surface area contributed by atoms with E-state index in [0.29, 0.717) is 22.2 Å². The molecule has 1 unspecified atom stereocenters. The van der Waals surface area contributed by atoms with Gasteiger partial charge in [-0.1, -0.05) is 23.2 Å². The molecule has 0 saturated heterocycles. The highest BCUT2D eigenvalue weighted by molar-refractivity contribution is 6.35. The molecular weight excluding hydrogens is 289 g/mol. The maximum Gasteiger partial charge on any atom is 0.308 e. The first-order valence-corrected chi connectivity index (χ1v) is 6.62. The van der Waals surface area contributed by atoms with Crippen molar-refractivity contribution in [2.45, 2.75) is 25.8 Å². The summed E-state index contributed by atoms with van der Waals surface area (Å²) < 4.78 is 10.1. The Kier molecular flexibility index (Phi) is 6.42. The van der Waals surface area contributed by atoms with E-state index < -0.39 is 0 Å². The number of hydrogen-bond donors (Lipinski definition) is 1. The molecule has 1 rings (SSSR count). The number of nitrogens with two attached hydrogens (primary N) is 1. The van der Waals surface area contributed by atoms with Crippen LogP contribution in [0.2, 0.25) is 10.0 Å². The van der Waals surface area contributed by atoms with Crippen LogP contribution in [0, 0.1) is 0 Å². The van der Waals surface area contributed by atoms with Gasteiger partial charge < -0.3 is 15.2 Å². The first kappa shape index (κ1) is 16.1. The summed E-state index contributed by atoms with van der Waals surface area (Å²) >= 11 is 12.1. The van der Waals surface area contributed by atoms with E-state index in [1.54, 1.807) is 12.1 Å². The number of methoxy groups -OCH3 is 1. The maximum absolute atomic E-state index is 11.0. The molecule has 0 amide bonds. The van der Waals surface area contributed by atoms with E-state index in [1.165, 1.54) is 7.11 Å². The van der Waals surface area contributed by atoms with Crippen molar-refractivity contribution < 1.29 is 14.3 Å². The Balaban J connectivity index is 2.82. The van der Waals surface area contributed by atoms with Gasteiger partial charge in [0.2, 0.25) is 0 Å². The summed E-state index contributed by atoms with van der Waals surface area (Å²) in [5, 5.41) is 0.939. The van der Waals surface area contributed by atoms with E-state index in [-0.39, 0.29) is 25.0 Å². The average Bonchev–Trinajstić information content (AvgIpc) is 2.31. The molecule has 0 fully saturated rings. The molecule has 0 bridgehead atoms. The van der Waals surface area contributed by atoms with Crippen molar-refractivity contribution >= 4 is 29.2 Å². The monoisotopic (exact) mass is 305 g/mol. The van der Waals surface area contributed by atoms with Crippen molar-refractivity contribution in [2.24, 2.45) is 5.73 Å². The fourth-order valence-corrected chi connectivity index (χ4v) is 2.20. The van der Waals surface area contributed by atoms with Gasteiger partial charge >= 0.3 is 5.97 Å². The van der Waals surface area contributed by atoms with Gasteiger partial charge in [0.25, 0.3) is 0 Å². The Labute approximate surface area is 122 Å². The number of hydrogen-bond acceptors (Lipinski definition) is 4. The van der Waals surface area contributed by atoms with Gasteiger partial charge in [-0.05, 0) is 31.0 Å². The van der Waals surface area contributed by atoms with Crippen LogP contribution in [0.5, 0.6) is 5.75 Å². The third-order valence-corrected chi connectivity index (χ3v) is 2.91. The van der Waals surface area contributed by atoms with Gasteiger partial charge in [-0.15, -0.1) is 0 Å². The highest BCUT2D eigenvalue weighted by atomic mass is 35.5. The smallest absolute Gasteiger partial charge is 0.308 e. The lowest BCUT2D eigenvalue weighted by atomic mass is 10.1. The van der Waals surface area contributed by atoms with Crippen molar-refractivity contribution in [3.8, 4) is 5.75 Å². The summed E-state index contributed by atoms with van der Waals surface area (Å²) in [6, 6.07) is 3.32. The Hall–Kier alpha value is -0.970. The Morgan fingerprint density at radius 3 is 2.68 bits per heavy atom. The third-order valence-electron chi connectivity index (χ3n) is 2.41. The molecule has 0 aliphatic rings. The zero-order valence-corrected chi connectivity index (χ0v) is 12.4. The molecule has 1 atom stereocenters. The lowest BCUT2D eigenvalue weighted by molar-refractivity contribution is -0.141. The second-order valence-electron chi connectivity index (χ2n) is 4.23. The highest BCUT2D eigenvalue weighted by Crippen LogP contribution is 2.33. The van der Waals surface area contributed by atoms with Crippen LogP contribution >= 0.6 is 23.2 Å². The molecule has 0 saturated carbocycles. The van der Waals surface area contributed by atoms with Crippen LogP contribution in [0.1, 0.15) is 18.9 Å². The quantitative estimate of drug-likeness (QED) is 0.821. The molecule has 0 heterocycles. The largest absolute Gasteiger partial charge is 0.491 e. The summed E-state index contributed by atoms with van der Waals surface area (Å²) in [6.45, 7) is 2.08. The summed E-state index contributed by atoms with van der Waals surface area (Å²) in [4.78, 5) is 11.0. The summed E-state index contributed by atoms with van der Waals surface area (Å²) in [7, 11) is 1.33. The van der Waals surface area contributed by atoms with Crippen molar-refractivity contribution in [1.82, 2.24) is 0 Å². The zero-order chi connectivity index (χ0) is 14.4. The van der Waals surface area contributed by atoms with Crippen molar-refractivity contribution in [3.05, 3.63) is 27.7 Å². The fourth-order valence-electron chi connectivity index (χ4n) is 1.61. The topological polar surface area (TPSA) is 61.5 Å². The molecule has 0 aliphatic heterocycles. The molecule has 106 valence electrons. The van der Waals surface area contributed by atoms with Gasteiger partial charge in [0.05, 0.1) is 25.2 Å². The number of halogens is 2. The van der Waals surface area contributed by atoms with Crippen LogP contribution in [-0.4, -0.2) is 25.7 Å². The van der Waals surface area contributed by atoms with Crippen LogP contribution in [0.4, 0.5) is 0 Å². The predicted octanol–water partition coefficient (Wildman–Crippen LogP) is 2.83. The van der Waals surface area contributed by atoms with Crippen molar-refractivity contribution in [1.29, 1.82) is 0 Å². The van der Waals surface area contributed by atoms with Crippen LogP contribution < -0.4 is 10.5 Å². The van der Waals surface area contributed by atoms with Gasteiger partial charge in [0.15, 0.2) is 0 Å². The second kappa shape index (κ2) is 7.58. The Morgan fingerprint density at radius 1 is 1.42 bits per heavy atom. The lowest BCUT2D eigenvalue weighted by Crippen LogP contribution is -2.18. The fraction of sp³-hybridized carbons (Fsp3) is 0.462. The van der Waals surface area contributed by atoms with E-state index in [2.05, 4.69) is 4.74 Å².